The fourth-order valence-electron chi connectivity index (χ4n) is 1.82. The number of rotatable bonds is 2. The summed E-state index contributed by atoms with van der Waals surface area (Å²) in [6.07, 6.45) is 5.59. The Balaban J connectivity index is 1.96. The standard InChI is InChI=1S/C10H15N3O/c14-12-9-3-7-13(8-4-9)10-1-5-11-6-2-10/h1-2,5-6,9,12,14H,3-4,7-8H2. The zero-order chi connectivity index (χ0) is 9.80. The molecule has 4 nitrogen and oxygen atoms in total. The van der Waals surface area contributed by atoms with E-state index < -0.39 is 0 Å². The first-order valence-electron chi connectivity index (χ1n) is 4.95. The SMILES string of the molecule is ONC1CCN(c2ccncc2)CC1. The number of anilines is 1. The van der Waals surface area contributed by atoms with E-state index in [1.54, 1.807) is 0 Å². The van der Waals surface area contributed by atoms with E-state index in [1.807, 2.05) is 24.5 Å². The summed E-state index contributed by atoms with van der Waals surface area (Å²) in [5.74, 6) is 0. The first kappa shape index (κ1) is 9.43. The minimum absolute atomic E-state index is 0.257. The monoisotopic (exact) mass is 193 g/mol. The number of hydrogen-bond acceptors (Lipinski definition) is 4. The van der Waals surface area contributed by atoms with Crippen molar-refractivity contribution in [3.05, 3.63) is 24.5 Å². The van der Waals surface area contributed by atoms with Crippen molar-refractivity contribution in [1.29, 1.82) is 0 Å². The first-order valence-corrected chi connectivity index (χ1v) is 4.95. The average Bonchev–Trinajstić information content (AvgIpc) is 2.30. The van der Waals surface area contributed by atoms with Gasteiger partial charge in [0.25, 0.3) is 0 Å². The molecule has 0 bridgehead atoms. The molecular formula is C10H15N3O. The van der Waals surface area contributed by atoms with Crippen LogP contribution in [0.1, 0.15) is 12.8 Å². The van der Waals surface area contributed by atoms with Crippen LogP contribution in [0.3, 0.4) is 0 Å². The molecule has 1 saturated heterocycles. The molecule has 2 rings (SSSR count). The fourth-order valence-corrected chi connectivity index (χ4v) is 1.82. The van der Waals surface area contributed by atoms with Crippen molar-refractivity contribution < 1.29 is 5.21 Å². The van der Waals surface area contributed by atoms with Crippen LogP contribution in [-0.2, 0) is 0 Å². The van der Waals surface area contributed by atoms with Crippen LogP contribution in [0.15, 0.2) is 24.5 Å². The van der Waals surface area contributed by atoms with Gasteiger partial charge in [0.1, 0.15) is 0 Å². The Morgan fingerprint density at radius 1 is 1.29 bits per heavy atom. The number of pyridine rings is 1. The van der Waals surface area contributed by atoms with E-state index in [-0.39, 0.29) is 6.04 Å². The van der Waals surface area contributed by atoms with Crippen molar-refractivity contribution in [1.82, 2.24) is 10.5 Å². The highest BCUT2D eigenvalue weighted by Gasteiger charge is 2.18. The summed E-state index contributed by atoms with van der Waals surface area (Å²) in [5.41, 5.74) is 3.56. The summed E-state index contributed by atoms with van der Waals surface area (Å²) in [6.45, 7) is 1.98. The number of aromatic nitrogens is 1. The van der Waals surface area contributed by atoms with Gasteiger partial charge in [0, 0.05) is 37.2 Å². The average molecular weight is 193 g/mol. The van der Waals surface area contributed by atoms with Crippen molar-refractivity contribution in [3.8, 4) is 0 Å². The predicted octanol–water partition coefficient (Wildman–Crippen LogP) is 1.03. The lowest BCUT2D eigenvalue weighted by Gasteiger charge is -2.32. The molecule has 0 atom stereocenters. The summed E-state index contributed by atoms with van der Waals surface area (Å²) < 4.78 is 0. The van der Waals surface area contributed by atoms with E-state index in [0.717, 1.165) is 25.9 Å². The summed E-state index contributed by atoms with van der Waals surface area (Å²) >= 11 is 0. The Morgan fingerprint density at radius 3 is 2.50 bits per heavy atom. The van der Waals surface area contributed by atoms with Crippen molar-refractivity contribution in [3.63, 3.8) is 0 Å². The van der Waals surface area contributed by atoms with E-state index in [9.17, 15) is 0 Å². The van der Waals surface area contributed by atoms with Crippen molar-refractivity contribution in [2.45, 2.75) is 18.9 Å². The lowest BCUT2D eigenvalue weighted by Crippen LogP contribution is -2.41. The predicted molar refractivity (Wildman–Crippen MR) is 54.4 cm³/mol. The summed E-state index contributed by atoms with van der Waals surface area (Å²) in [7, 11) is 0. The van der Waals surface area contributed by atoms with Crippen LogP contribution in [0.25, 0.3) is 0 Å². The second kappa shape index (κ2) is 4.39. The highest BCUT2D eigenvalue weighted by molar-refractivity contribution is 5.44. The first-order chi connectivity index (χ1) is 6.90. The van der Waals surface area contributed by atoms with Crippen molar-refractivity contribution >= 4 is 5.69 Å². The van der Waals surface area contributed by atoms with Gasteiger partial charge in [-0.25, -0.2) is 5.48 Å². The smallest absolute Gasteiger partial charge is 0.0397 e. The second-order valence-electron chi connectivity index (χ2n) is 3.60. The van der Waals surface area contributed by atoms with Crippen LogP contribution in [0.2, 0.25) is 0 Å². The topological polar surface area (TPSA) is 48.4 Å². The molecule has 76 valence electrons. The number of nitrogens with zero attached hydrogens (tertiary/aromatic N) is 2. The van der Waals surface area contributed by atoms with Gasteiger partial charge >= 0.3 is 0 Å². The van der Waals surface area contributed by atoms with Crippen molar-refractivity contribution in [2.75, 3.05) is 18.0 Å². The minimum Gasteiger partial charge on any atom is -0.371 e. The molecule has 0 radical (unpaired) electrons. The zero-order valence-electron chi connectivity index (χ0n) is 8.06. The van der Waals surface area contributed by atoms with E-state index in [0.29, 0.717) is 0 Å². The van der Waals surface area contributed by atoms with Gasteiger partial charge in [-0.1, -0.05) is 0 Å². The molecule has 0 amide bonds. The fraction of sp³-hybridized carbons (Fsp3) is 0.500. The highest BCUT2D eigenvalue weighted by Crippen LogP contribution is 2.18. The molecular weight excluding hydrogens is 178 g/mol. The van der Waals surface area contributed by atoms with Crippen LogP contribution < -0.4 is 10.4 Å². The van der Waals surface area contributed by atoms with Gasteiger partial charge in [-0.3, -0.25) is 4.98 Å². The molecule has 1 aliphatic rings. The van der Waals surface area contributed by atoms with Gasteiger partial charge in [0.2, 0.25) is 0 Å². The van der Waals surface area contributed by atoms with Gasteiger partial charge in [0.05, 0.1) is 0 Å². The van der Waals surface area contributed by atoms with E-state index in [1.165, 1.54) is 5.69 Å². The molecule has 1 aromatic rings. The largest absolute Gasteiger partial charge is 0.371 e. The third-order valence-electron chi connectivity index (χ3n) is 2.71. The van der Waals surface area contributed by atoms with Crippen LogP contribution in [0.5, 0.6) is 0 Å². The Labute approximate surface area is 83.5 Å². The maximum absolute atomic E-state index is 8.77. The third kappa shape index (κ3) is 2.02. The van der Waals surface area contributed by atoms with E-state index in [4.69, 9.17) is 5.21 Å². The molecule has 0 aliphatic carbocycles. The number of nitrogens with one attached hydrogen (secondary N) is 1. The lowest BCUT2D eigenvalue weighted by atomic mass is 10.1. The summed E-state index contributed by atoms with van der Waals surface area (Å²) in [4.78, 5) is 6.31. The number of piperidine rings is 1. The number of hydrogen-bond donors (Lipinski definition) is 2. The molecule has 14 heavy (non-hydrogen) atoms. The van der Waals surface area contributed by atoms with Gasteiger partial charge in [-0.15, -0.1) is 0 Å². The molecule has 1 aliphatic heterocycles. The minimum atomic E-state index is 0.257. The van der Waals surface area contributed by atoms with Crippen LogP contribution >= 0.6 is 0 Å². The molecule has 0 unspecified atom stereocenters. The molecule has 1 fully saturated rings. The second-order valence-corrected chi connectivity index (χ2v) is 3.60. The van der Waals surface area contributed by atoms with E-state index in [2.05, 4.69) is 15.4 Å². The maximum Gasteiger partial charge on any atom is 0.0397 e. The highest BCUT2D eigenvalue weighted by atomic mass is 16.5. The third-order valence-corrected chi connectivity index (χ3v) is 2.71. The van der Waals surface area contributed by atoms with E-state index >= 15 is 0 Å². The Hall–Kier alpha value is -1.13. The van der Waals surface area contributed by atoms with Gasteiger partial charge < -0.3 is 10.1 Å². The van der Waals surface area contributed by atoms with Gasteiger partial charge in [-0.05, 0) is 25.0 Å². The van der Waals surface area contributed by atoms with Crippen LogP contribution in [0, 0.1) is 0 Å². The summed E-state index contributed by atoms with van der Waals surface area (Å²) in [6, 6.07) is 4.30. The summed E-state index contributed by atoms with van der Waals surface area (Å²) in [5, 5.41) is 8.77. The van der Waals surface area contributed by atoms with Crippen LogP contribution in [0.4, 0.5) is 5.69 Å². The molecule has 0 spiro atoms. The molecule has 0 aromatic carbocycles. The molecule has 4 heteroatoms. The van der Waals surface area contributed by atoms with Gasteiger partial charge in [0.15, 0.2) is 0 Å². The zero-order valence-corrected chi connectivity index (χ0v) is 8.06. The van der Waals surface area contributed by atoms with Gasteiger partial charge in [-0.2, -0.15) is 0 Å². The quantitative estimate of drug-likeness (QED) is 0.689. The molecule has 2 heterocycles. The number of hydroxylamine groups is 1. The normalized spacial score (nSPS) is 18.5. The molecule has 0 saturated carbocycles. The van der Waals surface area contributed by atoms with Crippen LogP contribution in [-0.4, -0.2) is 29.3 Å². The maximum atomic E-state index is 8.77. The molecule has 2 N–H and O–H groups in total. The Kier molecular flexibility index (Phi) is 2.96. The Bertz CT molecular complexity index is 270. The lowest BCUT2D eigenvalue weighted by molar-refractivity contribution is 0.113. The Morgan fingerprint density at radius 2 is 1.93 bits per heavy atom. The molecule has 1 aromatic heterocycles. The van der Waals surface area contributed by atoms with Crippen molar-refractivity contribution in [2.24, 2.45) is 0 Å².